The van der Waals surface area contributed by atoms with E-state index < -0.39 is 0 Å². The maximum Gasteiger partial charge on any atom is 0.415 e. The number of carbonyl (C=O) groups excluding carboxylic acids is 1. The quantitative estimate of drug-likeness (QED) is 0.747. The van der Waals surface area contributed by atoms with Crippen molar-refractivity contribution in [1.82, 2.24) is 0 Å². The average molecular weight is 233 g/mol. The summed E-state index contributed by atoms with van der Waals surface area (Å²) in [7, 11) is 1.65. The monoisotopic (exact) mass is 233 g/mol. The first-order chi connectivity index (χ1) is 8.20. The van der Waals surface area contributed by atoms with Gasteiger partial charge in [-0.3, -0.25) is 4.90 Å². The molecule has 2 atom stereocenters. The second-order valence-corrected chi connectivity index (χ2v) is 4.56. The molecule has 2 heterocycles. The highest BCUT2D eigenvalue weighted by Gasteiger charge is 2.42. The summed E-state index contributed by atoms with van der Waals surface area (Å²) in [4.78, 5) is 13.6. The number of hydrogen-bond donors (Lipinski definition) is 0. The lowest BCUT2D eigenvalue weighted by atomic mass is 9.94. The molecule has 2 aliphatic heterocycles. The van der Waals surface area contributed by atoms with E-state index in [1.807, 2.05) is 25.1 Å². The highest BCUT2D eigenvalue weighted by molar-refractivity contribution is 5.92. The first-order valence-corrected chi connectivity index (χ1v) is 5.87. The maximum atomic E-state index is 11.8. The summed E-state index contributed by atoms with van der Waals surface area (Å²) < 4.78 is 10.5. The van der Waals surface area contributed by atoms with Crippen molar-refractivity contribution in [3.8, 4) is 5.75 Å². The molecule has 0 N–H and O–H groups in total. The van der Waals surface area contributed by atoms with Crippen molar-refractivity contribution in [1.29, 1.82) is 0 Å². The molecule has 4 heteroatoms. The predicted molar refractivity (Wildman–Crippen MR) is 63.5 cm³/mol. The standard InChI is InChI=1S/C13H15NO3/c1-8-11-5-3-9-7-10(16-2)4-6-12(9)14(11)13(15)17-8/h4,6-8,11H,3,5H2,1-2H3. The van der Waals surface area contributed by atoms with E-state index >= 15 is 0 Å². The molecule has 0 spiro atoms. The number of benzene rings is 1. The van der Waals surface area contributed by atoms with Gasteiger partial charge in [-0.15, -0.1) is 0 Å². The summed E-state index contributed by atoms with van der Waals surface area (Å²) in [5, 5.41) is 0. The Morgan fingerprint density at radius 1 is 1.47 bits per heavy atom. The van der Waals surface area contributed by atoms with E-state index in [-0.39, 0.29) is 18.2 Å². The van der Waals surface area contributed by atoms with Crippen LogP contribution in [0.15, 0.2) is 18.2 Å². The van der Waals surface area contributed by atoms with Crippen LogP contribution in [0.3, 0.4) is 0 Å². The van der Waals surface area contributed by atoms with Gasteiger partial charge in [0.15, 0.2) is 0 Å². The average Bonchev–Trinajstić information content (AvgIpc) is 2.64. The molecule has 2 unspecified atom stereocenters. The highest BCUT2D eigenvalue weighted by atomic mass is 16.6. The van der Waals surface area contributed by atoms with E-state index in [0.717, 1.165) is 29.8 Å². The summed E-state index contributed by atoms with van der Waals surface area (Å²) >= 11 is 0. The van der Waals surface area contributed by atoms with E-state index in [2.05, 4.69) is 0 Å². The Morgan fingerprint density at radius 3 is 3.06 bits per heavy atom. The number of nitrogens with zero attached hydrogens (tertiary/aromatic N) is 1. The summed E-state index contributed by atoms with van der Waals surface area (Å²) in [6.45, 7) is 1.96. The summed E-state index contributed by atoms with van der Waals surface area (Å²) in [5.41, 5.74) is 2.13. The molecule has 1 amide bonds. The third-order valence-corrected chi connectivity index (χ3v) is 3.61. The van der Waals surface area contributed by atoms with Gasteiger partial charge in [-0.1, -0.05) is 0 Å². The van der Waals surface area contributed by atoms with E-state index in [0.29, 0.717) is 0 Å². The van der Waals surface area contributed by atoms with Crippen LogP contribution in [0.2, 0.25) is 0 Å². The first-order valence-electron chi connectivity index (χ1n) is 5.87. The van der Waals surface area contributed by atoms with Gasteiger partial charge in [0.2, 0.25) is 0 Å². The van der Waals surface area contributed by atoms with Gasteiger partial charge >= 0.3 is 6.09 Å². The minimum atomic E-state index is -0.228. The van der Waals surface area contributed by atoms with E-state index in [9.17, 15) is 4.79 Å². The Kier molecular flexibility index (Phi) is 2.24. The van der Waals surface area contributed by atoms with E-state index in [1.165, 1.54) is 0 Å². The minimum Gasteiger partial charge on any atom is -0.497 e. The molecule has 0 bridgehead atoms. The largest absolute Gasteiger partial charge is 0.497 e. The van der Waals surface area contributed by atoms with Gasteiger partial charge in [-0.25, -0.2) is 4.79 Å². The van der Waals surface area contributed by atoms with Crippen molar-refractivity contribution in [3.05, 3.63) is 23.8 Å². The van der Waals surface area contributed by atoms with Crippen LogP contribution >= 0.6 is 0 Å². The second-order valence-electron chi connectivity index (χ2n) is 4.56. The Bertz CT molecular complexity index is 472. The van der Waals surface area contributed by atoms with Crippen molar-refractivity contribution >= 4 is 11.8 Å². The SMILES string of the molecule is COc1ccc2c(c1)CCC1C(C)OC(=O)N21. The predicted octanol–water partition coefficient (Wildman–Crippen LogP) is 2.36. The van der Waals surface area contributed by atoms with Crippen LogP contribution in [0.1, 0.15) is 18.9 Å². The molecule has 0 aliphatic carbocycles. The molecular formula is C13H15NO3. The Balaban J connectivity index is 2.04. The van der Waals surface area contributed by atoms with Gasteiger partial charge in [-0.05, 0) is 43.5 Å². The number of amides is 1. The zero-order valence-corrected chi connectivity index (χ0v) is 9.97. The van der Waals surface area contributed by atoms with Crippen LogP contribution in [-0.4, -0.2) is 25.3 Å². The van der Waals surface area contributed by atoms with Gasteiger partial charge in [0.1, 0.15) is 11.9 Å². The van der Waals surface area contributed by atoms with Crippen LogP contribution in [0, 0.1) is 0 Å². The lowest BCUT2D eigenvalue weighted by Gasteiger charge is -2.30. The first kappa shape index (κ1) is 10.4. The fraction of sp³-hybridized carbons (Fsp3) is 0.462. The lowest BCUT2D eigenvalue weighted by molar-refractivity contribution is 0.140. The third kappa shape index (κ3) is 1.47. The molecule has 0 radical (unpaired) electrons. The fourth-order valence-electron chi connectivity index (χ4n) is 2.71. The van der Waals surface area contributed by atoms with E-state index in [1.54, 1.807) is 12.0 Å². The van der Waals surface area contributed by atoms with Crippen LogP contribution < -0.4 is 9.64 Å². The molecule has 17 heavy (non-hydrogen) atoms. The molecule has 1 aromatic carbocycles. The Hall–Kier alpha value is -1.71. The molecule has 1 aromatic rings. The number of fused-ring (bicyclic) bond motifs is 3. The Labute approximate surface area is 100 Å². The van der Waals surface area contributed by atoms with Crippen LogP contribution in [0.5, 0.6) is 5.75 Å². The third-order valence-electron chi connectivity index (χ3n) is 3.61. The normalized spacial score (nSPS) is 26.2. The highest BCUT2D eigenvalue weighted by Crippen LogP contribution is 2.38. The summed E-state index contributed by atoms with van der Waals surface area (Å²) in [5.74, 6) is 0.836. The van der Waals surface area contributed by atoms with Gasteiger partial charge in [-0.2, -0.15) is 0 Å². The maximum absolute atomic E-state index is 11.8. The zero-order chi connectivity index (χ0) is 12.0. The fourth-order valence-corrected chi connectivity index (χ4v) is 2.71. The number of ether oxygens (including phenoxy) is 2. The molecule has 0 saturated carbocycles. The van der Waals surface area contributed by atoms with Crippen LogP contribution in [0.25, 0.3) is 0 Å². The van der Waals surface area contributed by atoms with E-state index in [4.69, 9.17) is 9.47 Å². The number of anilines is 1. The molecule has 2 aliphatic rings. The number of hydrogen-bond acceptors (Lipinski definition) is 3. The molecule has 0 aromatic heterocycles. The van der Waals surface area contributed by atoms with Crippen LogP contribution in [-0.2, 0) is 11.2 Å². The minimum absolute atomic E-state index is 0.0160. The van der Waals surface area contributed by atoms with Crippen molar-refractivity contribution in [2.45, 2.75) is 31.9 Å². The number of cyclic esters (lactones) is 1. The molecule has 90 valence electrons. The number of carbonyl (C=O) groups is 1. The van der Waals surface area contributed by atoms with Crippen molar-refractivity contribution in [2.24, 2.45) is 0 Å². The molecule has 3 rings (SSSR count). The second kappa shape index (κ2) is 3.65. The lowest BCUT2D eigenvalue weighted by Crippen LogP contribution is -2.39. The topological polar surface area (TPSA) is 38.8 Å². The molecule has 1 fully saturated rings. The van der Waals surface area contributed by atoms with Crippen molar-refractivity contribution < 1.29 is 14.3 Å². The van der Waals surface area contributed by atoms with Crippen molar-refractivity contribution in [3.63, 3.8) is 0 Å². The number of methoxy groups -OCH3 is 1. The van der Waals surface area contributed by atoms with Gasteiger partial charge in [0.25, 0.3) is 0 Å². The smallest absolute Gasteiger partial charge is 0.415 e. The van der Waals surface area contributed by atoms with Gasteiger partial charge in [0, 0.05) is 0 Å². The van der Waals surface area contributed by atoms with Crippen LogP contribution in [0.4, 0.5) is 10.5 Å². The van der Waals surface area contributed by atoms with Gasteiger partial charge in [0.05, 0.1) is 18.8 Å². The molecule has 4 nitrogen and oxygen atoms in total. The number of aryl methyl sites for hydroxylation is 1. The van der Waals surface area contributed by atoms with Gasteiger partial charge < -0.3 is 9.47 Å². The number of rotatable bonds is 1. The summed E-state index contributed by atoms with van der Waals surface area (Å²) in [6, 6.07) is 6.02. The Morgan fingerprint density at radius 2 is 2.29 bits per heavy atom. The molecule has 1 saturated heterocycles. The molecular weight excluding hydrogens is 218 g/mol. The van der Waals surface area contributed by atoms with Crippen molar-refractivity contribution in [2.75, 3.05) is 12.0 Å². The zero-order valence-electron chi connectivity index (χ0n) is 9.97. The summed E-state index contributed by atoms with van der Waals surface area (Å²) in [6.07, 6.45) is 1.67.